The first-order valence-corrected chi connectivity index (χ1v) is 8.07. The summed E-state index contributed by atoms with van der Waals surface area (Å²) in [4.78, 5) is 42.5. The van der Waals surface area contributed by atoms with Gasteiger partial charge in [0.25, 0.3) is 23.0 Å². The Morgan fingerprint density at radius 2 is 2.09 bits per heavy atom. The minimum Gasteiger partial charge on any atom is -0.465 e. The van der Waals surface area contributed by atoms with Crippen LogP contribution in [0.5, 0.6) is 0 Å². The van der Waals surface area contributed by atoms with Crippen LogP contribution in [0.25, 0.3) is 0 Å². The molecular formula is C13H19N4O5S+. The zero-order valence-electron chi connectivity index (χ0n) is 13.2. The summed E-state index contributed by atoms with van der Waals surface area (Å²) in [7, 11) is 2.94. The third kappa shape index (κ3) is 3.22. The number of esters is 1. The second-order valence-electron chi connectivity index (χ2n) is 4.88. The van der Waals surface area contributed by atoms with Gasteiger partial charge in [-0.05, 0) is 18.7 Å². The molecule has 23 heavy (non-hydrogen) atoms. The quantitative estimate of drug-likeness (QED) is 0.505. The fraction of sp³-hybridized carbons (Fsp3) is 0.615. The Labute approximate surface area is 137 Å². The molecule has 1 unspecified atom stereocenters. The molecule has 126 valence electrons. The van der Waals surface area contributed by atoms with E-state index in [1.807, 2.05) is 0 Å². The van der Waals surface area contributed by atoms with Crippen molar-refractivity contribution in [1.29, 1.82) is 0 Å². The van der Waals surface area contributed by atoms with E-state index in [1.165, 1.54) is 11.9 Å². The summed E-state index contributed by atoms with van der Waals surface area (Å²) >= 11 is 1.11. The molecule has 0 saturated carbocycles. The fourth-order valence-corrected chi connectivity index (χ4v) is 3.22. The van der Waals surface area contributed by atoms with Crippen LogP contribution in [0.4, 0.5) is 4.79 Å². The van der Waals surface area contributed by atoms with Crippen molar-refractivity contribution in [3.8, 4) is 0 Å². The Bertz CT molecular complexity index is 603. The molecule has 2 rings (SSSR count). The maximum Gasteiger partial charge on any atom is 0.388 e. The molecule has 2 aliphatic heterocycles. The third-order valence-corrected chi connectivity index (χ3v) is 4.39. The highest BCUT2D eigenvalue weighted by atomic mass is 32.2. The number of hydrogen-bond acceptors (Lipinski definition) is 7. The molecule has 0 aromatic heterocycles. The number of imide groups is 1. The van der Waals surface area contributed by atoms with Gasteiger partial charge in [0.1, 0.15) is 5.75 Å². The fourth-order valence-electron chi connectivity index (χ4n) is 2.37. The van der Waals surface area contributed by atoms with Crippen LogP contribution in [0.2, 0.25) is 0 Å². The van der Waals surface area contributed by atoms with Crippen molar-refractivity contribution in [2.75, 3.05) is 39.6 Å². The van der Waals surface area contributed by atoms with Gasteiger partial charge in [-0.1, -0.05) is 0 Å². The van der Waals surface area contributed by atoms with E-state index in [4.69, 9.17) is 4.74 Å². The molecule has 0 aromatic rings. The van der Waals surface area contributed by atoms with Crippen LogP contribution < -0.4 is 0 Å². The number of β-amino-alcohol motifs (C(OH)–C–C–N with tert-alkyl or cyclic N) is 1. The Morgan fingerprint density at radius 3 is 2.70 bits per heavy atom. The number of nitrogens with zero attached hydrogens (tertiary/aromatic N) is 4. The topological polar surface area (TPSA) is 103 Å². The number of urea groups is 1. The average Bonchev–Trinajstić information content (AvgIpc) is 2.88. The number of fused-ring (bicyclic) bond motifs is 1. The zero-order valence-corrected chi connectivity index (χ0v) is 14.0. The van der Waals surface area contributed by atoms with E-state index in [-0.39, 0.29) is 25.5 Å². The summed E-state index contributed by atoms with van der Waals surface area (Å²) in [6.45, 7) is 2.00. The first-order chi connectivity index (χ1) is 10.9. The first kappa shape index (κ1) is 17.4. The molecule has 1 fully saturated rings. The highest BCUT2D eigenvalue weighted by Crippen LogP contribution is 2.22. The lowest BCUT2D eigenvalue weighted by molar-refractivity contribution is -0.408. The zero-order chi connectivity index (χ0) is 17.1. The van der Waals surface area contributed by atoms with Crippen LogP contribution in [0.3, 0.4) is 0 Å². The summed E-state index contributed by atoms with van der Waals surface area (Å²) in [6.07, 6.45) is 0. The number of likely N-dealkylation sites (N-methyl/N-ethyl adjacent to an activating group) is 2. The third-order valence-electron chi connectivity index (χ3n) is 3.42. The summed E-state index contributed by atoms with van der Waals surface area (Å²) in [5.74, 6) is -0.385. The van der Waals surface area contributed by atoms with Crippen LogP contribution in [-0.4, -0.2) is 94.0 Å². The van der Waals surface area contributed by atoms with Crippen molar-refractivity contribution >= 4 is 40.7 Å². The molecule has 0 aromatic carbocycles. The lowest BCUT2D eigenvalue weighted by Gasteiger charge is -2.27. The van der Waals surface area contributed by atoms with E-state index in [0.717, 1.165) is 16.7 Å². The lowest BCUT2D eigenvalue weighted by atomic mass is 10.2. The summed E-state index contributed by atoms with van der Waals surface area (Å²) in [5.41, 5.74) is 0. The second kappa shape index (κ2) is 7.09. The van der Waals surface area contributed by atoms with Crippen LogP contribution in [0.15, 0.2) is 4.99 Å². The van der Waals surface area contributed by atoms with Crippen molar-refractivity contribution in [3.63, 3.8) is 0 Å². The number of amides is 3. The molecule has 1 N–H and O–H groups in total. The summed E-state index contributed by atoms with van der Waals surface area (Å²) in [6, 6.07) is -1.30. The predicted molar refractivity (Wildman–Crippen MR) is 83.5 cm³/mol. The number of aliphatic hydroxyl groups excluding tert-OH is 1. The molecule has 0 bridgehead atoms. The first-order valence-electron chi connectivity index (χ1n) is 7.09. The Balaban J connectivity index is 2.29. The average molecular weight is 343 g/mol. The van der Waals surface area contributed by atoms with E-state index in [1.54, 1.807) is 18.5 Å². The molecule has 2 aliphatic rings. The standard InChI is InChI=1S/C13H19N4O5S/c1-4-22-8(19)7-23-12-14-9-10(17(12)5-6-18)15(2)13(21)16(3)11(9)20/h9,18H,4-7H2,1-3H3/q+1. The van der Waals surface area contributed by atoms with Crippen LogP contribution in [-0.2, 0) is 14.3 Å². The van der Waals surface area contributed by atoms with Crippen molar-refractivity contribution in [1.82, 2.24) is 9.80 Å². The second-order valence-corrected chi connectivity index (χ2v) is 5.82. The van der Waals surface area contributed by atoms with E-state index in [0.29, 0.717) is 11.0 Å². The molecule has 0 spiro atoms. The summed E-state index contributed by atoms with van der Waals surface area (Å²) in [5, 5.41) is 9.67. The van der Waals surface area contributed by atoms with Crippen LogP contribution in [0, 0.1) is 0 Å². The van der Waals surface area contributed by atoms with Crippen LogP contribution in [0.1, 0.15) is 6.92 Å². The van der Waals surface area contributed by atoms with Gasteiger partial charge in [0.15, 0.2) is 0 Å². The Hall–Kier alpha value is -1.94. The van der Waals surface area contributed by atoms with E-state index >= 15 is 0 Å². The number of amidine groups is 2. The molecule has 2 heterocycles. The maximum atomic E-state index is 12.3. The monoisotopic (exact) mass is 343 g/mol. The van der Waals surface area contributed by atoms with Gasteiger partial charge in [-0.15, -0.1) is 4.99 Å². The normalized spacial score (nSPS) is 20.9. The van der Waals surface area contributed by atoms with Gasteiger partial charge in [0.05, 0.1) is 26.8 Å². The molecule has 0 aliphatic carbocycles. The number of aliphatic imine (C=N–C) groups is 1. The van der Waals surface area contributed by atoms with Crippen molar-refractivity contribution in [2.24, 2.45) is 4.99 Å². The highest BCUT2D eigenvalue weighted by Gasteiger charge is 2.52. The number of hydrogen-bond donors (Lipinski definition) is 1. The minimum absolute atomic E-state index is 0.0380. The van der Waals surface area contributed by atoms with Gasteiger partial charge in [0, 0.05) is 7.05 Å². The Kier molecular flexibility index (Phi) is 5.37. The highest BCUT2D eigenvalue weighted by molar-refractivity contribution is 8.13. The number of ether oxygens (including phenoxy) is 1. The van der Waals surface area contributed by atoms with Crippen molar-refractivity contribution in [2.45, 2.75) is 13.0 Å². The van der Waals surface area contributed by atoms with Crippen LogP contribution >= 0.6 is 11.8 Å². The van der Waals surface area contributed by atoms with Gasteiger partial charge in [-0.2, -0.15) is 0 Å². The number of carbonyl (C=O) groups excluding carboxylic acids is 3. The molecule has 1 atom stereocenters. The number of rotatable bonds is 5. The van der Waals surface area contributed by atoms with E-state index in [2.05, 4.69) is 4.99 Å². The van der Waals surface area contributed by atoms with Gasteiger partial charge in [0.2, 0.25) is 0 Å². The van der Waals surface area contributed by atoms with E-state index in [9.17, 15) is 19.5 Å². The SMILES string of the molecule is CCOC(=O)CSC1=NC2C(=O)N(C)C(=O)N(C)C2=[N+]1CCO. The van der Waals surface area contributed by atoms with Crippen molar-refractivity contribution < 1.29 is 28.8 Å². The van der Waals surface area contributed by atoms with Gasteiger partial charge >= 0.3 is 12.0 Å². The van der Waals surface area contributed by atoms with Gasteiger partial charge < -0.3 is 9.84 Å². The smallest absolute Gasteiger partial charge is 0.388 e. The van der Waals surface area contributed by atoms with Gasteiger partial charge in [-0.3, -0.25) is 14.5 Å². The molecule has 3 amide bonds. The molecule has 1 saturated heterocycles. The lowest BCUT2D eigenvalue weighted by Crippen LogP contribution is -2.60. The van der Waals surface area contributed by atoms with Gasteiger partial charge in [-0.25, -0.2) is 14.3 Å². The maximum absolute atomic E-state index is 12.3. The minimum atomic E-state index is -0.834. The van der Waals surface area contributed by atoms with E-state index < -0.39 is 23.9 Å². The summed E-state index contributed by atoms with van der Waals surface area (Å²) < 4.78 is 6.46. The Morgan fingerprint density at radius 1 is 1.39 bits per heavy atom. The molecule has 10 heteroatoms. The number of carbonyl (C=O) groups is 3. The largest absolute Gasteiger partial charge is 0.465 e. The number of thioether (sulfide) groups is 1. The predicted octanol–water partition coefficient (Wildman–Crippen LogP) is -1.05. The number of aliphatic hydroxyl groups is 1. The molecule has 9 nitrogen and oxygen atoms in total. The molecule has 0 radical (unpaired) electrons. The van der Waals surface area contributed by atoms with Crippen molar-refractivity contribution in [3.05, 3.63) is 0 Å². The molecular weight excluding hydrogens is 324 g/mol.